The van der Waals surface area contributed by atoms with Crippen LogP contribution in [0.3, 0.4) is 0 Å². The van der Waals surface area contributed by atoms with E-state index in [-0.39, 0.29) is 17.2 Å². The third kappa shape index (κ3) is 1.52. The second-order valence-corrected chi connectivity index (χ2v) is 4.10. The summed E-state index contributed by atoms with van der Waals surface area (Å²) in [5.41, 5.74) is 1.67. The van der Waals surface area contributed by atoms with Crippen molar-refractivity contribution in [1.82, 2.24) is 4.98 Å². The molecule has 1 aromatic heterocycles. The molecule has 0 spiro atoms. The molecule has 0 amide bonds. The van der Waals surface area contributed by atoms with Crippen LogP contribution in [0.4, 0.5) is 0 Å². The van der Waals surface area contributed by atoms with Crippen LogP contribution in [0.25, 0.3) is 10.9 Å². The van der Waals surface area contributed by atoms with Gasteiger partial charge < -0.3 is 15.2 Å². The highest BCUT2D eigenvalue weighted by Crippen LogP contribution is 2.29. The number of carboxylic acids is 1. The molecule has 0 aliphatic heterocycles. The van der Waals surface area contributed by atoms with Gasteiger partial charge in [0.2, 0.25) is 0 Å². The minimum Gasteiger partial charge on any atom is -0.508 e. The zero-order valence-electron chi connectivity index (χ0n) is 9.11. The summed E-state index contributed by atoms with van der Waals surface area (Å²) in [6.07, 6.45) is 0. The first-order valence-electron chi connectivity index (χ1n) is 5.08. The predicted octanol–water partition coefficient (Wildman–Crippen LogP) is 2.70. The van der Waals surface area contributed by atoms with E-state index in [0.29, 0.717) is 11.1 Å². The predicted molar refractivity (Wildman–Crippen MR) is 61.0 cm³/mol. The lowest BCUT2D eigenvalue weighted by Gasteiger charge is -2.03. The van der Waals surface area contributed by atoms with Crippen LogP contribution < -0.4 is 0 Å². The number of hydrogen-bond donors (Lipinski definition) is 3. The average molecular weight is 219 g/mol. The van der Waals surface area contributed by atoms with E-state index >= 15 is 0 Å². The molecule has 4 nitrogen and oxygen atoms in total. The Labute approximate surface area is 92.5 Å². The van der Waals surface area contributed by atoms with Gasteiger partial charge in [-0.2, -0.15) is 0 Å². The lowest BCUT2D eigenvalue weighted by molar-refractivity contribution is 0.0697. The molecule has 2 aromatic rings. The van der Waals surface area contributed by atoms with E-state index in [2.05, 4.69) is 4.98 Å². The van der Waals surface area contributed by atoms with E-state index < -0.39 is 5.97 Å². The maximum atomic E-state index is 11.2. The number of hydrogen-bond acceptors (Lipinski definition) is 2. The molecule has 1 heterocycles. The number of nitrogens with one attached hydrogen (secondary N) is 1. The van der Waals surface area contributed by atoms with E-state index in [1.165, 1.54) is 12.1 Å². The Balaban J connectivity index is 2.82. The van der Waals surface area contributed by atoms with Gasteiger partial charge in [0.15, 0.2) is 0 Å². The van der Waals surface area contributed by atoms with Crippen LogP contribution in [0.1, 0.15) is 35.8 Å². The number of aromatic hydroxyl groups is 1. The standard InChI is InChI=1S/C12H13NO3/c1-6(2)11-10(12(15)16)8-5-7(14)3-4-9(8)13-11/h3-6,13-14H,1-2H3,(H,15,16). The summed E-state index contributed by atoms with van der Waals surface area (Å²) in [4.78, 5) is 14.3. The highest BCUT2D eigenvalue weighted by Gasteiger charge is 2.19. The van der Waals surface area contributed by atoms with Gasteiger partial charge in [-0.05, 0) is 24.1 Å². The number of phenols is 1. The van der Waals surface area contributed by atoms with Crippen molar-refractivity contribution in [3.05, 3.63) is 29.5 Å². The van der Waals surface area contributed by atoms with Crippen LogP contribution in [0, 0.1) is 0 Å². The van der Waals surface area contributed by atoms with Crippen molar-refractivity contribution in [3.63, 3.8) is 0 Å². The lowest BCUT2D eigenvalue weighted by Crippen LogP contribution is -2.01. The van der Waals surface area contributed by atoms with Crippen LogP contribution in [-0.4, -0.2) is 21.2 Å². The summed E-state index contributed by atoms with van der Waals surface area (Å²) in [5.74, 6) is -0.800. The molecule has 3 N–H and O–H groups in total. The molecule has 0 aliphatic rings. The summed E-state index contributed by atoms with van der Waals surface area (Å²) in [6, 6.07) is 4.69. The molecule has 0 saturated carbocycles. The second kappa shape index (κ2) is 3.56. The third-order valence-electron chi connectivity index (χ3n) is 2.60. The first-order valence-corrected chi connectivity index (χ1v) is 5.08. The Morgan fingerprint density at radius 3 is 2.62 bits per heavy atom. The Morgan fingerprint density at radius 1 is 1.38 bits per heavy atom. The van der Waals surface area contributed by atoms with Crippen LogP contribution in [0.15, 0.2) is 18.2 Å². The van der Waals surface area contributed by atoms with Gasteiger partial charge in [0.25, 0.3) is 0 Å². The van der Waals surface area contributed by atoms with Crippen molar-refractivity contribution in [2.45, 2.75) is 19.8 Å². The Hall–Kier alpha value is -1.97. The normalized spacial score (nSPS) is 11.2. The fourth-order valence-corrected chi connectivity index (χ4v) is 1.86. The quantitative estimate of drug-likeness (QED) is 0.727. The van der Waals surface area contributed by atoms with Gasteiger partial charge >= 0.3 is 5.97 Å². The van der Waals surface area contributed by atoms with Gasteiger partial charge in [-0.3, -0.25) is 0 Å². The molecular formula is C12H13NO3. The van der Waals surface area contributed by atoms with Crippen molar-refractivity contribution >= 4 is 16.9 Å². The van der Waals surface area contributed by atoms with Crippen molar-refractivity contribution in [2.75, 3.05) is 0 Å². The SMILES string of the molecule is CC(C)c1[nH]c2ccc(O)cc2c1C(=O)O. The number of aromatic carboxylic acids is 1. The summed E-state index contributed by atoms with van der Waals surface area (Å²) < 4.78 is 0. The molecule has 16 heavy (non-hydrogen) atoms. The number of carboxylic acid groups (broad SMARTS) is 1. The number of aromatic nitrogens is 1. The molecular weight excluding hydrogens is 206 g/mol. The molecule has 0 unspecified atom stereocenters. The first-order chi connectivity index (χ1) is 7.50. The maximum Gasteiger partial charge on any atom is 0.338 e. The molecule has 1 aromatic carbocycles. The van der Waals surface area contributed by atoms with Gasteiger partial charge in [-0.25, -0.2) is 4.79 Å². The van der Waals surface area contributed by atoms with Crippen molar-refractivity contribution in [2.24, 2.45) is 0 Å². The summed E-state index contributed by atoms with van der Waals surface area (Å²) in [5, 5.41) is 19.1. The fraction of sp³-hybridized carbons (Fsp3) is 0.250. The van der Waals surface area contributed by atoms with Crippen molar-refractivity contribution in [1.29, 1.82) is 0 Å². The van der Waals surface area contributed by atoms with E-state index in [1.54, 1.807) is 6.07 Å². The van der Waals surface area contributed by atoms with Crippen LogP contribution >= 0.6 is 0 Å². The smallest absolute Gasteiger partial charge is 0.338 e. The van der Waals surface area contributed by atoms with Crippen molar-refractivity contribution < 1.29 is 15.0 Å². The molecule has 0 saturated heterocycles. The Bertz CT molecular complexity index is 555. The fourth-order valence-electron chi connectivity index (χ4n) is 1.86. The Kier molecular flexibility index (Phi) is 2.34. The number of carbonyl (C=O) groups is 1. The van der Waals surface area contributed by atoms with Crippen LogP contribution in [0.5, 0.6) is 5.75 Å². The molecule has 0 aliphatic carbocycles. The largest absolute Gasteiger partial charge is 0.508 e. The number of aromatic amines is 1. The van der Waals surface area contributed by atoms with Gasteiger partial charge in [0.1, 0.15) is 5.75 Å². The van der Waals surface area contributed by atoms with Gasteiger partial charge in [0, 0.05) is 16.6 Å². The van der Waals surface area contributed by atoms with Gasteiger partial charge in [-0.15, -0.1) is 0 Å². The van der Waals surface area contributed by atoms with E-state index in [4.69, 9.17) is 0 Å². The van der Waals surface area contributed by atoms with Crippen LogP contribution in [-0.2, 0) is 0 Å². The highest BCUT2D eigenvalue weighted by molar-refractivity contribution is 6.05. The molecule has 0 bridgehead atoms. The van der Waals surface area contributed by atoms with E-state index in [1.807, 2.05) is 13.8 Å². The molecule has 4 heteroatoms. The van der Waals surface area contributed by atoms with Crippen molar-refractivity contribution in [3.8, 4) is 5.75 Å². The summed E-state index contributed by atoms with van der Waals surface area (Å²) in [6.45, 7) is 3.86. The van der Waals surface area contributed by atoms with Crippen LogP contribution in [0.2, 0.25) is 0 Å². The topological polar surface area (TPSA) is 73.3 Å². The van der Waals surface area contributed by atoms with Gasteiger partial charge in [0.05, 0.1) is 5.56 Å². The summed E-state index contributed by atoms with van der Waals surface area (Å²) >= 11 is 0. The molecule has 0 radical (unpaired) electrons. The highest BCUT2D eigenvalue weighted by atomic mass is 16.4. The molecule has 0 atom stereocenters. The zero-order chi connectivity index (χ0) is 11.9. The zero-order valence-corrected chi connectivity index (χ0v) is 9.11. The average Bonchev–Trinajstić information content (AvgIpc) is 2.55. The Morgan fingerprint density at radius 2 is 2.06 bits per heavy atom. The summed E-state index contributed by atoms with van der Waals surface area (Å²) in [7, 11) is 0. The molecule has 0 fully saturated rings. The molecule has 84 valence electrons. The monoisotopic (exact) mass is 219 g/mol. The molecule has 2 rings (SSSR count). The van der Waals surface area contributed by atoms with E-state index in [0.717, 1.165) is 5.52 Å². The van der Waals surface area contributed by atoms with Gasteiger partial charge in [-0.1, -0.05) is 13.8 Å². The minimum absolute atomic E-state index is 0.0734. The van der Waals surface area contributed by atoms with E-state index in [9.17, 15) is 15.0 Å². The maximum absolute atomic E-state index is 11.2. The third-order valence-corrected chi connectivity index (χ3v) is 2.60. The number of fused-ring (bicyclic) bond motifs is 1. The lowest BCUT2D eigenvalue weighted by atomic mass is 10.0. The number of H-pyrrole nitrogens is 1. The minimum atomic E-state index is -0.972. The first kappa shape index (κ1) is 10.5. The second-order valence-electron chi connectivity index (χ2n) is 4.10. The number of phenolic OH excluding ortho intramolecular Hbond substituents is 1. The number of rotatable bonds is 2. The number of benzene rings is 1.